The summed E-state index contributed by atoms with van der Waals surface area (Å²) < 4.78 is 1.08. The van der Waals surface area contributed by atoms with Crippen molar-refractivity contribution in [2.45, 2.75) is 31.7 Å². The highest BCUT2D eigenvalue weighted by Gasteiger charge is 2.21. The molecule has 111 valence electrons. The molecule has 2 N–H and O–H groups in total. The Morgan fingerprint density at radius 3 is 2.86 bits per heavy atom. The first-order chi connectivity index (χ1) is 10.3. The van der Waals surface area contributed by atoms with Gasteiger partial charge in [0.05, 0.1) is 11.2 Å². The van der Waals surface area contributed by atoms with Crippen molar-refractivity contribution in [2.75, 3.05) is 18.9 Å². The maximum absolute atomic E-state index is 4.39. The molecule has 0 spiro atoms. The Bertz CT molecular complexity index is 606. The normalized spacial score (nSPS) is 22.4. The predicted molar refractivity (Wildman–Crippen MR) is 91.6 cm³/mol. The Morgan fingerprint density at radius 2 is 2.10 bits per heavy atom. The van der Waals surface area contributed by atoms with E-state index in [0.717, 1.165) is 33.5 Å². The van der Waals surface area contributed by atoms with Crippen molar-refractivity contribution in [1.29, 1.82) is 0 Å². The third-order valence-electron chi connectivity index (χ3n) is 4.33. The van der Waals surface area contributed by atoms with Gasteiger partial charge in [-0.25, -0.2) is 0 Å². The molecule has 1 aromatic carbocycles. The van der Waals surface area contributed by atoms with Crippen molar-refractivity contribution in [3.05, 3.63) is 34.9 Å². The molecule has 1 heterocycles. The molecular weight excluding hydrogens is 326 g/mol. The molecule has 0 bridgehead atoms. The molecule has 21 heavy (non-hydrogen) atoms. The van der Waals surface area contributed by atoms with Gasteiger partial charge in [-0.15, -0.1) is 0 Å². The monoisotopic (exact) mass is 346 g/mol. The molecule has 1 aliphatic carbocycles. The fraction of sp³-hybridized carbons (Fsp3) is 0.471. The van der Waals surface area contributed by atoms with Crippen molar-refractivity contribution in [1.82, 2.24) is 10.3 Å². The van der Waals surface area contributed by atoms with E-state index in [-0.39, 0.29) is 0 Å². The molecule has 0 atom stereocenters. The van der Waals surface area contributed by atoms with Crippen LogP contribution in [0.2, 0.25) is 0 Å². The van der Waals surface area contributed by atoms with Gasteiger partial charge in [0.25, 0.3) is 0 Å². The lowest BCUT2D eigenvalue weighted by molar-refractivity contribution is 0.331. The Labute approximate surface area is 134 Å². The fourth-order valence-corrected chi connectivity index (χ4v) is 3.55. The fourth-order valence-electron chi connectivity index (χ4n) is 3.19. The summed E-state index contributed by atoms with van der Waals surface area (Å²) in [6, 6.07) is 10.0. The van der Waals surface area contributed by atoms with E-state index in [1.54, 1.807) is 6.20 Å². The molecule has 3 nitrogen and oxygen atoms in total. The molecule has 3 rings (SSSR count). The minimum absolute atomic E-state index is 0.555. The van der Waals surface area contributed by atoms with Crippen LogP contribution in [0.3, 0.4) is 0 Å². The predicted octanol–water partition coefficient (Wildman–Crippen LogP) is 3.99. The zero-order chi connectivity index (χ0) is 14.7. The average Bonchev–Trinajstić information content (AvgIpc) is 2.50. The highest BCUT2D eigenvalue weighted by molar-refractivity contribution is 9.10. The number of pyridine rings is 1. The molecule has 1 aromatic heterocycles. The quantitative estimate of drug-likeness (QED) is 0.878. The molecule has 1 radical (unpaired) electrons. The topological polar surface area (TPSA) is 37.0 Å². The van der Waals surface area contributed by atoms with Crippen LogP contribution in [-0.4, -0.2) is 24.6 Å². The number of hydrogen-bond acceptors (Lipinski definition) is 3. The van der Waals surface area contributed by atoms with E-state index in [1.165, 1.54) is 25.7 Å². The minimum atomic E-state index is 0.555. The summed E-state index contributed by atoms with van der Waals surface area (Å²) in [6.07, 6.45) is 6.83. The van der Waals surface area contributed by atoms with Gasteiger partial charge in [-0.2, -0.15) is 0 Å². The van der Waals surface area contributed by atoms with Crippen molar-refractivity contribution < 1.29 is 0 Å². The zero-order valence-electron chi connectivity index (χ0n) is 12.3. The molecule has 0 aliphatic heterocycles. The first kappa shape index (κ1) is 14.8. The second kappa shape index (κ2) is 6.75. The van der Waals surface area contributed by atoms with Crippen molar-refractivity contribution in [2.24, 2.45) is 5.92 Å². The van der Waals surface area contributed by atoms with Gasteiger partial charge in [0.1, 0.15) is 0 Å². The van der Waals surface area contributed by atoms with Crippen molar-refractivity contribution in [3.63, 3.8) is 0 Å². The van der Waals surface area contributed by atoms with E-state index >= 15 is 0 Å². The van der Waals surface area contributed by atoms with E-state index in [0.29, 0.717) is 6.04 Å². The molecule has 1 aliphatic rings. The van der Waals surface area contributed by atoms with Crippen LogP contribution in [0.15, 0.2) is 28.9 Å². The van der Waals surface area contributed by atoms with Gasteiger partial charge in [-0.1, -0.05) is 15.9 Å². The first-order valence-corrected chi connectivity index (χ1v) is 8.42. The van der Waals surface area contributed by atoms with E-state index in [4.69, 9.17) is 0 Å². The number of anilines is 1. The van der Waals surface area contributed by atoms with Crippen LogP contribution in [0.5, 0.6) is 0 Å². The summed E-state index contributed by atoms with van der Waals surface area (Å²) in [4.78, 5) is 4.39. The van der Waals surface area contributed by atoms with E-state index < -0.39 is 0 Å². The van der Waals surface area contributed by atoms with Gasteiger partial charge in [0, 0.05) is 28.2 Å². The molecule has 1 saturated carbocycles. The van der Waals surface area contributed by atoms with Gasteiger partial charge in [-0.05, 0) is 63.4 Å². The third kappa shape index (κ3) is 3.55. The number of halogens is 1. The summed E-state index contributed by atoms with van der Waals surface area (Å²) >= 11 is 3.54. The largest absolute Gasteiger partial charge is 0.381 e. The summed E-state index contributed by atoms with van der Waals surface area (Å²) in [5.74, 6) is 0.834. The van der Waals surface area contributed by atoms with Crippen LogP contribution in [0.25, 0.3) is 10.9 Å². The van der Waals surface area contributed by atoms with Crippen molar-refractivity contribution in [3.8, 4) is 0 Å². The summed E-state index contributed by atoms with van der Waals surface area (Å²) in [5.41, 5.74) is 2.10. The standard InChI is InChI=1S/C17H21BrN3/c1-19-11-12-2-5-14(6-3-12)21-17-8-9-20-16-7-4-13(18)10-15(16)17/h4,7,9-10,12,14,19H,2-3,5-6,11H2,1H3,(H,20,21)/t12-,14-. The van der Waals surface area contributed by atoms with Crippen LogP contribution >= 0.6 is 15.9 Å². The lowest BCUT2D eigenvalue weighted by Gasteiger charge is -2.29. The summed E-state index contributed by atoms with van der Waals surface area (Å²) in [7, 11) is 2.04. The molecule has 0 amide bonds. The van der Waals surface area contributed by atoms with Crippen molar-refractivity contribution >= 4 is 32.5 Å². The Morgan fingerprint density at radius 1 is 1.29 bits per heavy atom. The number of aromatic nitrogens is 1. The van der Waals surface area contributed by atoms with Crippen LogP contribution < -0.4 is 10.6 Å². The summed E-state index contributed by atoms with van der Waals surface area (Å²) in [5, 5.41) is 8.11. The number of nitrogens with one attached hydrogen (secondary N) is 2. The average molecular weight is 347 g/mol. The Kier molecular flexibility index (Phi) is 4.76. The number of rotatable bonds is 4. The molecule has 0 saturated heterocycles. The van der Waals surface area contributed by atoms with Crippen LogP contribution in [0.4, 0.5) is 5.69 Å². The Balaban J connectivity index is 1.72. The van der Waals surface area contributed by atoms with E-state index in [2.05, 4.69) is 43.7 Å². The van der Waals surface area contributed by atoms with Gasteiger partial charge >= 0.3 is 0 Å². The summed E-state index contributed by atoms with van der Waals surface area (Å²) in [6.45, 7) is 1.14. The van der Waals surface area contributed by atoms with Crippen LogP contribution in [0.1, 0.15) is 25.7 Å². The van der Waals surface area contributed by atoms with E-state index in [9.17, 15) is 0 Å². The van der Waals surface area contributed by atoms with E-state index in [1.807, 2.05) is 19.2 Å². The Hall–Kier alpha value is -1.13. The highest BCUT2D eigenvalue weighted by Crippen LogP contribution is 2.29. The molecule has 4 heteroatoms. The maximum atomic E-state index is 4.39. The number of benzene rings is 1. The number of nitrogens with zero attached hydrogens (tertiary/aromatic N) is 1. The second-order valence-electron chi connectivity index (χ2n) is 5.86. The van der Waals surface area contributed by atoms with Gasteiger partial charge in [-0.3, -0.25) is 4.98 Å². The van der Waals surface area contributed by atoms with Crippen LogP contribution in [0, 0.1) is 12.0 Å². The zero-order valence-corrected chi connectivity index (χ0v) is 13.9. The van der Waals surface area contributed by atoms with Gasteiger partial charge in [0.2, 0.25) is 0 Å². The minimum Gasteiger partial charge on any atom is -0.381 e. The number of hydrogen-bond donors (Lipinski definition) is 2. The van der Waals surface area contributed by atoms with Crippen LogP contribution in [-0.2, 0) is 0 Å². The number of fused-ring (bicyclic) bond motifs is 1. The maximum Gasteiger partial charge on any atom is 0.0724 e. The van der Waals surface area contributed by atoms with Gasteiger partial charge < -0.3 is 10.6 Å². The second-order valence-corrected chi connectivity index (χ2v) is 6.77. The molecule has 0 unspecified atom stereocenters. The molecular formula is C17H21BrN3. The lowest BCUT2D eigenvalue weighted by atomic mass is 9.86. The first-order valence-electron chi connectivity index (χ1n) is 7.63. The van der Waals surface area contributed by atoms with Gasteiger partial charge in [0.15, 0.2) is 0 Å². The molecule has 2 aromatic rings. The highest BCUT2D eigenvalue weighted by atomic mass is 79.9. The SMILES string of the molecule is CNC[C@H]1CC[C@H](Nc2[c]cnc3ccc(Br)cc23)CC1. The lowest BCUT2D eigenvalue weighted by Crippen LogP contribution is -2.30. The molecule has 1 fully saturated rings. The third-order valence-corrected chi connectivity index (χ3v) is 4.82. The smallest absolute Gasteiger partial charge is 0.0724 e.